The fraction of sp³-hybridized carbons (Fsp3) is 0.0989. The summed E-state index contributed by atoms with van der Waals surface area (Å²) in [4.78, 5) is 121. The summed E-state index contributed by atoms with van der Waals surface area (Å²) in [7, 11) is 2.45. The Morgan fingerprint density at radius 3 is 0.830 bits per heavy atom. The Bertz CT molecular complexity index is 6550. The quantitative estimate of drug-likeness (QED) is 0.0164. The predicted octanol–water partition coefficient (Wildman–Crippen LogP) is 10.3. The van der Waals surface area contributed by atoms with Gasteiger partial charge < -0.3 is 166 Å². The van der Waals surface area contributed by atoms with E-state index >= 15 is 0 Å². The molecule has 0 fully saturated rings. The average Bonchev–Trinajstić information content (AvgIpc) is 0.792. The molecule has 43 nitrogen and oxygen atoms in total. The summed E-state index contributed by atoms with van der Waals surface area (Å²) in [5.74, 6) is -29.5. The smallest absolute Gasteiger partial charge is 0.308 e. The first kappa shape index (κ1) is 103. The Morgan fingerprint density at radius 2 is 0.481 bits per heavy atom. The van der Waals surface area contributed by atoms with Gasteiger partial charge in [-0.2, -0.15) is 0 Å². The van der Waals surface area contributed by atoms with Crippen LogP contribution in [0.3, 0.4) is 0 Å². The van der Waals surface area contributed by atoms with Crippen molar-refractivity contribution in [3.63, 3.8) is 0 Å². The van der Waals surface area contributed by atoms with Crippen LogP contribution in [0.2, 0.25) is 0 Å². The molecule has 0 atom stereocenters. The molecule has 0 saturated carbocycles. The van der Waals surface area contributed by atoms with E-state index in [0.29, 0.717) is 11.6 Å². The van der Waals surface area contributed by atoms with Crippen LogP contribution in [-0.4, -0.2) is 211 Å². The van der Waals surface area contributed by atoms with Gasteiger partial charge in [0.25, 0.3) is 0 Å². The number of phenols is 27. The Kier molecular flexibility index (Phi) is 32.4. The number of carbonyl (C=O) groups excluding carboxylic acids is 10. The van der Waals surface area contributed by atoms with Crippen molar-refractivity contribution in [2.45, 2.75) is 48.5 Å². The first-order chi connectivity index (χ1) is 63.0. The number of esters is 4. The molecule has 12 rings (SSSR count). The van der Waals surface area contributed by atoms with Crippen molar-refractivity contribution in [3.8, 4) is 190 Å². The van der Waals surface area contributed by atoms with E-state index in [-0.39, 0.29) is 113 Å². The fourth-order valence-corrected chi connectivity index (χ4v) is 11.5. The van der Waals surface area contributed by atoms with Crippen molar-refractivity contribution in [1.82, 2.24) is 0 Å². The van der Waals surface area contributed by atoms with Crippen LogP contribution in [0.25, 0.3) is 0 Å². The molecule has 0 spiro atoms. The average molecular weight is 1880 g/mol. The van der Waals surface area contributed by atoms with Crippen LogP contribution < -0.4 is 28.4 Å². The summed E-state index contributed by atoms with van der Waals surface area (Å²) in [6, 6.07) is 24.4. The Morgan fingerprint density at radius 1 is 0.215 bits per heavy atom. The van der Waals surface area contributed by atoms with E-state index in [1.165, 1.54) is 70.5 Å². The molecule has 0 radical (unpaired) electrons. The molecule has 12 aromatic carbocycles. The molecule has 0 amide bonds. The second-order valence-corrected chi connectivity index (χ2v) is 27.8. The van der Waals surface area contributed by atoms with E-state index in [2.05, 4.69) is 0 Å². The summed E-state index contributed by atoms with van der Waals surface area (Å²) in [6.07, 6.45) is 0. The van der Waals surface area contributed by atoms with Gasteiger partial charge in [0, 0.05) is 66.6 Å². The van der Waals surface area contributed by atoms with Gasteiger partial charge >= 0.3 is 23.9 Å². The highest BCUT2D eigenvalue weighted by molar-refractivity contribution is 6.16. The molecule has 135 heavy (non-hydrogen) atoms. The number of hydrogen-bond acceptors (Lipinski definition) is 43. The third kappa shape index (κ3) is 23.4. The highest BCUT2D eigenvalue weighted by Gasteiger charge is 2.31. The normalized spacial score (nSPS) is 10.4. The minimum Gasteiger partial charge on any atom is -0.508 e. The third-order valence-electron chi connectivity index (χ3n) is 18.5. The molecule has 0 aliphatic rings. The number of phenolic OH excluding ortho intramolecular Hbond substituents is 27. The number of aryl methyl sites for hydroxylation is 1. The van der Waals surface area contributed by atoms with E-state index in [1.807, 2.05) is 0 Å². The maximum Gasteiger partial charge on any atom is 0.308 e. The van der Waals surface area contributed by atoms with Crippen molar-refractivity contribution >= 4 is 58.6 Å². The number of ketones is 6. The molecular formula is C91H77FO43. The summed E-state index contributed by atoms with van der Waals surface area (Å²) in [6.45, 7) is 9.47. The minimum absolute atomic E-state index is 0.0612. The number of benzene rings is 12. The van der Waals surface area contributed by atoms with E-state index in [1.54, 1.807) is 19.9 Å². The van der Waals surface area contributed by atoms with Crippen molar-refractivity contribution in [1.29, 1.82) is 0 Å². The molecule has 0 saturated heterocycles. The van der Waals surface area contributed by atoms with Crippen LogP contribution in [0.4, 0.5) is 4.39 Å². The summed E-state index contributed by atoms with van der Waals surface area (Å²) < 4.78 is 43.5. The van der Waals surface area contributed by atoms with Crippen molar-refractivity contribution in [3.05, 3.63) is 229 Å². The second-order valence-electron chi connectivity index (χ2n) is 27.8. The van der Waals surface area contributed by atoms with Gasteiger partial charge in [0.05, 0.1) is 47.6 Å². The zero-order chi connectivity index (χ0) is 102. The van der Waals surface area contributed by atoms with Gasteiger partial charge in [-0.3, -0.25) is 47.9 Å². The molecule has 0 aliphatic heterocycles. The van der Waals surface area contributed by atoms with Gasteiger partial charge in [-0.15, -0.1) is 0 Å². The maximum absolute atomic E-state index is 13.3. The third-order valence-corrected chi connectivity index (χ3v) is 18.5. The lowest BCUT2D eigenvalue weighted by Crippen LogP contribution is -2.14. The number of aromatic hydroxyl groups is 27. The van der Waals surface area contributed by atoms with Gasteiger partial charge in [-0.05, 0) is 165 Å². The molecule has 0 heterocycles. The van der Waals surface area contributed by atoms with Crippen molar-refractivity contribution < 1.29 is 219 Å². The lowest BCUT2D eigenvalue weighted by Gasteiger charge is -2.16. The standard InChI is InChI=1S/C23H22O9.2C14H12O7.C14H12O6.C13H9FO7.C13H10O7/c1-11-7-8-18(22(12(11)2)31-15(5)26)21(28)17-9-19(29-13(3)24)23(32-16(6)27)20(10-17)30-14(4)25;1-21-14-7(2-3-8(15)13(14)20)11(18)6-4-9(16)12(19)10(17)5-6;1-21-10-5-6(4-9(16)13(10)19)11(17)7-2-3-8(15)14(20)12(7)18;1-6-9(15)3-2-8(12(6)18)13(19)7-4-10(16)14(20)11(17)5-7;14-6-3-5(10(18)13(21)11(6)19)9(17)4-1-7(15)12(20)8(16)2-4;14-7-2-1-6(11(18)13(7)20)10(17)5-3-8(15)12(19)9(16)4-5/h7-10H,1-6H3;2-5,15-17,19-20H,1H3;2-5,15-16,18-20H,1H3;2-5,15-18,20H,1H3;1-3,15-16,18-21H;1-4,14-16,18-20H. The lowest BCUT2D eigenvalue weighted by atomic mass is 9.97. The summed E-state index contributed by atoms with van der Waals surface area (Å²) in [5, 5.41) is 253. The number of methoxy groups -OCH3 is 2. The molecular weight excluding hydrogens is 1800 g/mol. The molecule has 706 valence electrons. The van der Waals surface area contributed by atoms with E-state index in [4.69, 9.17) is 43.7 Å². The SMILES string of the molecule is CC(=O)Oc1cc(C(=O)c2ccc(C)c(C)c2OC(C)=O)cc(OC(C)=O)c1OC(C)=O.COc1c(C(=O)c2cc(O)c(O)c(O)c2)ccc(O)c1O.COc1cc(C(=O)c2ccc(O)c(O)c2O)cc(O)c1O.Cc1c(O)ccc(C(=O)c2cc(O)c(O)c(O)c2)c1O.O=C(c1cc(O)c(O)c(O)c1)c1cc(F)c(O)c(O)c1O.O=C(c1cc(O)c(O)c(O)c1)c1ccc(O)c(O)c1O. The molecule has 0 aromatic heterocycles. The number of ether oxygens (including phenoxy) is 6. The zero-order valence-electron chi connectivity index (χ0n) is 70.8. The van der Waals surface area contributed by atoms with Gasteiger partial charge in [0.15, 0.2) is 179 Å². The fourth-order valence-electron chi connectivity index (χ4n) is 11.5. The number of hydrogen-bond donors (Lipinski definition) is 27. The predicted molar refractivity (Wildman–Crippen MR) is 455 cm³/mol. The minimum atomic E-state index is -1.35. The number of carbonyl (C=O) groups is 10. The Balaban J connectivity index is 0.000000223. The van der Waals surface area contributed by atoms with Crippen LogP contribution in [0.15, 0.2) is 140 Å². The zero-order valence-corrected chi connectivity index (χ0v) is 70.8. The molecule has 0 aliphatic carbocycles. The second kappa shape index (κ2) is 42.5. The summed E-state index contributed by atoms with van der Waals surface area (Å²) >= 11 is 0. The Hall–Kier alpha value is -19.3. The largest absolute Gasteiger partial charge is 0.508 e. The van der Waals surface area contributed by atoms with E-state index < -0.39 is 214 Å². The molecule has 12 aromatic rings. The first-order valence-electron chi connectivity index (χ1n) is 37.4. The van der Waals surface area contributed by atoms with Crippen LogP contribution >= 0.6 is 0 Å². The Labute approximate surface area is 755 Å². The van der Waals surface area contributed by atoms with Gasteiger partial charge in [-0.1, -0.05) is 6.07 Å². The molecule has 0 unspecified atom stereocenters. The molecule has 0 bridgehead atoms. The topological polar surface area (TPSA) is 772 Å². The highest BCUT2D eigenvalue weighted by atomic mass is 19.1. The maximum atomic E-state index is 13.3. The van der Waals surface area contributed by atoms with Crippen LogP contribution in [0, 0.1) is 26.6 Å². The highest BCUT2D eigenvalue weighted by Crippen LogP contribution is 2.49. The first-order valence-corrected chi connectivity index (χ1v) is 37.4. The van der Waals surface area contributed by atoms with Crippen LogP contribution in [-0.2, 0) is 19.2 Å². The van der Waals surface area contributed by atoms with Crippen LogP contribution in [0.1, 0.15) is 140 Å². The monoisotopic (exact) mass is 1880 g/mol. The molecule has 44 heteroatoms. The van der Waals surface area contributed by atoms with Crippen molar-refractivity contribution in [2.24, 2.45) is 0 Å². The van der Waals surface area contributed by atoms with Crippen LogP contribution in [0.5, 0.6) is 190 Å². The number of rotatable bonds is 18. The summed E-state index contributed by atoms with van der Waals surface area (Å²) in [5.41, 5.74) is -0.921. The molecule has 27 N–H and O–H groups in total. The number of halogens is 1. The van der Waals surface area contributed by atoms with Gasteiger partial charge in [-0.25, -0.2) is 4.39 Å². The van der Waals surface area contributed by atoms with Crippen molar-refractivity contribution in [2.75, 3.05) is 14.2 Å². The van der Waals surface area contributed by atoms with Gasteiger partial charge in [0.2, 0.25) is 34.5 Å². The lowest BCUT2D eigenvalue weighted by molar-refractivity contribution is -0.135. The van der Waals surface area contributed by atoms with E-state index in [9.17, 15) is 175 Å². The van der Waals surface area contributed by atoms with Gasteiger partial charge in [0.1, 0.15) is 17.2 Å². The van der Waals surface area contributed by atoms with E-state index in [0.717, 1.165) is 111 Å².